The van der Waals surface area contributed by atoms with Crippen molar-refractivity contribution in [3.63, 3.8) is 0 Å². The fourth-order valence-electron chi connectivity index (χ4n) is 1.46. The van der Waals surface area contributed by atoms with Gasteiger partial charge in [0, 0.05) is 17.4 Å². The zero-order valence-corrected chi connectivity index (χ0v) is 10.9. The van der Waals surface area contributed by atoms with Crippen LogP contribution in [0.25, 0.3) is 0 Å². The van der Waals surface area contributed by atoms with E-state index in [9.17, 15) is 9.50 Å². The number of hydrogen-bond acceptors (Lipinski definition) is 2. The van der Waals surface area contributed by atoms with Crippen LogP contribution in [0.1, 0.15) is 18.9 Å². The highest BCUT2D eigenvalue weighted by Gasteiger charge is 2.09. The molecule has 1 unspecified atom stereocenters. The summed E-state index contributed by atoms with van der Waals surface area (Å²) >= 11 is 3.20. The van der Waals surface area contributed by atoms with Gasteiger partial charge >= 0.3 is 0 Å². The molecule has 0 aliphatic heterocycles. The van der Waals surface area contributed by atoms with E-state index < -0.39 is 6.10 Å². The Kier molecular flexibility index (Phi) is 5.95. The maximum Gasteiger partial charge on any atom is 0.127 e. The van der Waals surface area contributed by atoms with E-state index in [4.69, 9.17) is 0 Å². The van der Waals surface area contributed by atoms with E-state index >= 15 is 0 Å². The van der Waals surface area contributed by atoms with E-state index in [-0.39, 0.29) is 5.82 Å². The molecule has 90 valence electrons. The first kappa shape index (κ1) is 13.6. The quantitative estimate of drug-likeness (QED) is 0.789. The molecule has 0 amide bonds. The molecule has 2 N–H and O–H groups in total. The molecule has 4 heteroatoms. The van der Waals surface area contributed by atoms with Crippen LogP contribution in [-0.4, -0.2) is 24.3 Å². The molecule has 0 aliphatic rings. The topological polar surface area (TPSA) is 32.3 Å². The van der Waals surface area contributed by atoms with Gasteiger partial charge in [0.2, 0.25) is 0 Å². The first-order valence-electron chi connectivity index (χ1n) is 5.46. The van der Waals surface area contributed by atoms with Gasteiger partial charge in [-0.15, -0.1) is 0 Å². The molecule has 0 spiro atoms. The summed E-state index contributed by atoms with van der Waals surface area (Å²) in [4.78, 5) is 0. The summed E-state index contributed by atoms with van der Waals surface area (Å²) < 4.78 is 14.2. The zero-order chi connectivity index (χ0) is 12.0. The summed E-state index contributed by atoms with van der Waals surface area (Å²) in [6, 6.07) is 4.90. The van der Waals surface area contributed by atoms with Crippen LogP contribution in [0.4, 0.5) is 4.39 Å². The fraction of sp³-hybridized carbons (Fsp3) is 0.500. The predicted octanol–water partition coefficient (Wildman–Crippen LogP) is 2.49. The van der Waals surface area contributed by atoms with Crippen LogP contribution >= 0.6 is 15.9 Å². The molecule has 0 bridgehead atoms. The third-order valence-electron chi connectivity index (χ3n) is 2.28. The molecule has 0 aliphatic carbocycles. The molecule has 0 heterocycles. The number of rotatable bonds is 6. The standard InChI is InChI=1S/C12H17BrFNO/c1-2-5-15-8-11(16)6-9-3-4-10(13)7-12(9)14/h3-4,7,11,15-16H,2,5-6,8H2,1H3. The van der Waals surface area contributed by atoms with Gasteiger partial charge in [0.15, 0.2) is 0 Å². The lowest BCUT2D eigenvalue weighted by Crippen LogP contribution is -2.29. The van der Waals surface area contributed by atoms with E-state index in [1.54, 1.807) is 12.1 Å². The van der Waals surface area contributed by atoms with Crippen molar-refractivity contribution in [2.45, 2.75) is 25.9 Å². The minimum atomic E-state index is -0.540. The van der Waals surface area contributed by atoms with Gasteiger partial charge in [-0.2, -0.15) is 0 Å². The van der Waals surface area contributed by atoms with Gasteiger partial charge in [0.25, 0.3) is 0 Å². The zero-order valence-electron chi connectivity index (χ0n) is 9.34. The van der Waals surface area contributed by atoms with Crippen LogP contribution < -0.4 is 5.32 Å². The molecule has 0 saturated heterocycles. The Bertz CT molecular complexity index is 333. The lowest BCUT2D eigenvalue weighted by atomic mass is 10.1. The molecule has 1 atom stereocenters. The Balaban J connectivity index is 2.46. The summed E-state index contributed by atoms with van der Waals surface area (Å²) in [6.07, 6.45) is 0.831. The summed E-state index contributed by atoms with van der Waals surface area (Å²) in [7, 11) is 0. The molecular weight excluding hydrogens is 273 g/mol. The van der Waals surface area contributed by atoms with E-state index in [0.29, 0.717) is 23.0 Å². The van der Waals surface area contributed by atoms with Gasteiger partial charge in [-0.3, -0.25) is 0 Å². The average molecular weight is 290 g/mol. The minimum absolute atomic E-state index is 0.274. The fourth-order valence-corrected chi connectivity index (χ4v) is 1.79. The summed E-state index contributed by atoms with van der Waals surface area (Å²) in [5.41, 5.74) is 0.550. The van der Waals surface area contributed by atoms with Crippen LogP contribution in [0.3, 0.4) is 0 Å². The Morgan fingerprint density at radius 2 is 2.25 bits per heavy atom. The largest absolute Gasteiger partial charge is 0.391 e. The van der Waals surface area contributed by atoms with Crippen molar-refractivity contribution in [3.8, 4) is 0 Å². The van der Waals surface area contributed by atoms with Crippen molar-refractivity contribution in [2.75, 3.05) is 13.1 Å². The third kappa shape index (κ3) is 4.60. The second-order valence-electron chi connectivity index (χ2n) is 3.80. The molecule has 2 nitrogen and oxygen atoms in total. The Hall–Kier alpha value is -0.450. The van der Waals surface area contributed by atoms with Crippen LogP contribution in [0.2, 0.25) is 0 Å². The van der Waals surface area contributed by atoms with Crippen LogP contribution in [0.15, 0.2) is 22.7 Å². The SMILES string of the molecule is CCCNCC(O)Cc1ccc(Br)cc1F. The summed E-state index contributed by atoms with van der Waals surface area (Å²) in [6.45, 7) is 3.44. The molecule has 0 saturated carbocycles. The van der Waals surface area contributed by atoms with Gasteiger partial charge in [-0.05, 0) is 30.7 Å². The van der Waals surface area contributed by atoms with Crippen molar-refractivity contribution >= 4 is 15.9 Å². The van der Waals surface area contributed by atoms with Gasteiger partial charge in [-0.1, -0.05) is 28.9 Å². The van der Waals surface area contributed by atoms with E-state index in [2.05, 4.69) is 28.2 Å². The number of benzene rings is 1. The Morgan fingerprint density at radius 1 is 1.50 bits per heavy atom. The first-order valence-corrected chi connectivity index (χ1v) is 6.25. The second kappa shape index (κ2) is 6.99. The molecule has 0 aromatic heterocycles. The van der Waals surface area contributed by atoms with Gasteiger partial charge in [0.05, 0.1) is 6.10 Å². The maximum atomic E-state index is 13.4. The molecule has 1 aromatic rings. The van der Waals surface area contributed by atoms with Crippen molar-refractivity contribution in [2.24, 2.45) is 0 Å². The van der Waals surface area contributed by atoms with Gasteiger partial charge in [0.1, 0.15) is 5.82 Å². The van der Waals surface area contributed by atoms with E-state index in [1.807, 2.05) is 0 Å². The smallest absolute Gasteiger partial charge is 0.127 e. The monoisotopic (exact) mass is 289 g/mol. The highest BCUT2D eigenvalue weighted by Crippen LogP contribution is 2.16. The number of aliphatic hydroxyl groups excluding tert-OH is 1. The van der Waals surface area contributed by atoms with Crippen LogP contribution in [0, 0.1) is 5.82 Å². The molecular formula is C12H17BrFNO. The third-order valence-corrected chi connectivity index (χ3v) is 2.77. The lowest BCUT2D eigenvalue weighted by Gasteiger charge is -2.12. The average Bonchev–Trinajstić information content (AvgIpc) is 2.23. The molecule has 16 heavy (non-hydrogen) atoms. The summed E-state index contributed by atoms with van der Waals surface area (Å²) in [5, 5.41) is 12.8. The van der Waals surface area contributed by atoms with Crippen LogP contribution in [0.5, 0.6) is 0 Å². The van der Waals surface area contributed by atoms with Gasteiger partial charge in [-0.25, -0.2) is 4.39 Å². The molecule has 1 aromatic carbocycles. The maximum absolute atomic E-state index is 13.4. The van der Waals surface area contributed by atoms with E-state index in [0.717, 1.165) is 13.0 Å². The number of nitrogens with one attached hydrogen (secondary N) is 1. The second-order valence-corrected chi connectivity index (χ2v) is 4.71. The normalized spacial score (nSPS) is 12.8. The first-order chi connectivity index (χ1) is 7.63. The van der Waals surface area contributed by atoms with E-state index in [1.165, 1.54) is 6.07 Å². The van der Waals surface area contributed by atoms with Crippen molar-refractivity contribution in [3.05, 3.63) is 34.1 Å². The number of aliphatic hydroxyl groups is 1. The Labute approximate surface area is 104 Å². The molecule has 1 rings (SSSR count). The van der Waals surface area contributed by atoms with Gasteiger partial charge < -0.3 is 10.4 Å². The minimum Gasteiger partial charge on any atom is -0.391 e. The predicted molar refractivity (Wildman–Crippen MR) is 67.0 cm³/mol. The molecule has 0 radical (unpaired) electrons. The summed E-state index contributed by atoms with van der Waals surface area (Å²) in [5.74, 6) is -0.274. The number of hydrogen-bond donors (Lipinski definition) is 2. The number of halogens is 2. The van der Waals surface area contributed by atoms with Crippen molar-refractivity contribution in [1.82, 2.24) is 5.32 Å². The van der Waals surface area contributed by atoms with Crippen molar-refractivity contribution in [1.29, 1.82) is 0 Å². The highest BCUT2D eigenvalue weighted by atomic mass is 79.9. The van der Waals surface area contributed by atoms with Crippen LogP contribution in [-0.2, 0) is 6.42 Å². The lowest BCUT2D eigenvalue weighted by molar-refractivity contribution is 0.171. The molecule has 0 fully saturated rings. The highest BCUT2D eigenvalue weighted by molar-refractivity contribution is 9.10. The Morgan fingerprint density at radius 3 is 2.88 bits per heavy atom. The van der Waals surface area contributed by atoms with Crippen molar-refractivity contribution < 1.29 is 9.50 Å².